The van der Waals surface area contributed by atoms with E-state index < -0.39 is 0 Å². The van der Waals surface area contributed by atoms with Gasteiger partial charge in [0.1, 0.15) is 0 Å². The van der Waals surface area contributed by atoms with E-state index in [9.17, 15) is 9.59 Å². The van der Waals surface area contributed by atoms with Crippen molar-refractivity contribution in [3.8, 4) is 0 Å². The number of amides is 1. The van der Waals surface area contributed by atoms with Gasteiger partial charge in [-0.05, 0) is 18.4 Å². The largest absolute Gasteiger partial charge is 0.466 e. The van der Waals surface area contributed by atoms with Crippen molar-refractivity contribution in [1.29, 1.82) is 0 Å². The highest BCUT2D eigenvalue weighted by atomic mass is 16.5. The van der Waals surface area contributed by atoms with E-state index in [0.717, 1.165) is 24.9 Å². The molecule has 1 aromatic carbocycles. The maximum absolute atomic E-state index is 11.9. The number of benzene rings is 1. The molecule has 2 aliphatic rings. The number of carbonyl (C=O) groups is 2. The van der Waals surface area contributed by atoms with Gasteiger partial charge in [0.2, 0.25) is 6.41 Å². The molecule has 2 bridgehead atoms. The molecule has 3 atom stereocenters. The monoisotopic (exact) mass is 329 g/mol. The lowest BCUT2D eigenvalue weighted by Crippen LogP contribution is -2.73. The molecular weight excluding hydrogens is 306 g/mol. The zero-order valence-corrected chi connectivity index (χ0v) is 13.7. The zero-order valence-electron chi connectivity index (χ0n) is 13.7. The van der Waals surface area contributed by atoms with Crippen LogP contribution in [-0.4, -0.2) is 50.2 Å². The summed E-state index contributed by atoms with van der Waals surface area (Å²) in [4.78, 5) is 23.1. The van der Waals surface area contributed by atoms with Crippen molar-refractivity contribution in [2.45, 2.75) is 30.5 Å². The van der Waals surface area contributed by atoms with Gasteiger partial charge in [0.05, 0.1) is 30.3 Å². The highest BCUT2D eigenvalue weighted by Crippen LogP contribution is 2.29. The molecule has 6 nitrogen and oxygen atoms in total. The minimum absolute atomic E-state index is 0.0804. The first-order chi connectivity index (χ1) is 11.7. The predicted octanol–water partition coefficient (Wildman–Crippen LogP) is 0.147. The number of nitrogens with one attached hydrogen (secondary N) is 3. The second-order valence-electron chi connectivity index (χ2n) is 6.37. The van der Waals surface area contributed by atoms with Crippen LogP contribution < -0.4 is 16.0 Å². The van der Waals surface area contributed by atoms with Gasteiger partial charge in [-0.15, -0.1) is 0 Å². The molecule has 24 heavy (non-hydrogen) atoms. The molecule has 128 valence electrons. The van der Waals surface area contributed by atoms with E-state index in [0.29, 0.717) is 18.5 Å². The third-order valence-corrected chi connectivity index (χ3v) is 4.95. The summed E-state index contributed by atoms with van der Waals surface area (Å²) in [6.45, 7) is 1.40. The van der Waals surface area contributed by atoms with E-state index in [2.05, 4.69) is 28.1 Å². The van der Waals surface area contributed by atoms with Crippen molar-refractivity contribution in [1.82, 2.24) is 16.0 Å². The first-order valence-electron chi connectivity index (χ1n) is 8.19. The van der Waals surface area contributed by atoms with Crippen LogP contribution >= 0.6 is 0 Å². The molecule has 2 heterocycles. The van der Waals surface area contributed by atoms with E-state index in [1.807, 2.05) is 24.3 Å². The summed E-state index contributed by atoms with van der Waals surface area (Å²) in [6, 6.07) is 9.90. The molecule has 1 aromatic rings. The molecule has 1 saturated heterocycles. The van der Waals surface area contributed by atoms with Crippen LogP contribution in [0.3, 0.4) is 0 Å². The molecule has 6 heteroatoms. The van der Waals surface area contributed by atoms with E-state index >= 15 is 0 Å². The van der Waals surface area contributed by atoms with Gasteiger partial charge < -0.3 is 15.4 Å². The smallest absolute Gasteiger partial charge is 0.335 e. The van der Waals surface area contributed by atoms with Gasteiger partial charge in [0, 0.05) is 13.1 Å². The molecular formula is C18H23N3O3. The van der Waals surface area contributed by atoms with E-state index in [4.69, 9.17) is 4.74 Å². The number of piperazine rings is 1. The topological polar surface area (TPSA) is 79.5 Å². The van der Waals surface area contributed by atoms with Gasteiger partial charge in [-0.1, -0.05) is 36.4 Å². The Kier molecular flexibility index (Phi) is 4.97. The average Bonchev–Trinajstić information content (AvgIpc) is 2.62. The van der Waals surface area contributed by atoms with Gasteiger partial charge >= 0.3 is 5.97 Å². The fourth-order valence-corrected chi connectivity index (χ4v) is 3.70. The average molecular weight is 329 g/mol. The molecule has 1 amide bonds. The van der Waals surface area contributed by atoms with Crippen LogP contribution in [0.2, 0.25) is 0 Å². The van der Waals surface area contributed by atoms with Crippen molar-refractivity contribution < 1.29 is 14.3 Å². The number of methoxy groups -OCH3 is 1. The number of rotatable bonds is 6. The molecule has 0 saturated carbocycles. The lowest BCUT2D eigenvalue weighted by Gasteiger charge is -2.50. The molecule has 3 N–H and O–H groups in total. The second kappa shape index (κ2) is 7.15. The maximum Gasteiger partial charge on any atom is 0.335 e. The molecule has 3 unspecified atom stereocenters. The normalized spacial score (nSPS) is 26.9. The van der Waals surface area contributed by atoms with Crippen molar-refractivity contribution in [2.75, 3.05) is 20.2 Å². The number of ether oxygens (including phenoxy) is 1. The van der Waals surface area contributed by atoms with Gasteiger partial charge in [-0.25, -0.2) is 4.79 Å². The first kappa shape index (κ1) is 16.7. The molecule has 2 aliphatic heterocycles. The summed E-state index contributed by atoms with van der Waals surface area (Å²) in [6.07, 6.45) is 4.09. The SMILES string of the molecule is COC(=O)C1=CCC2(C(Cc3ccccc3)NC=O)CNCC1N2. The Bertz CT molecular complexity index is 632. The molecule has 3 rings (SSSR count). The van der Waals surface area contributed by atoms with Crippen LogP contribution in [0, 0.1) is 0 Å². The zero-order chi connectivity index (χ0) is 17.0. The minimum atomic E-state index is -0.322. The molecule has 0 spiro atoms. The summed E-state index contributed by atoms with van der Waals surface area (Å²) in [5, 5.41) is 9.95. The minimum Gasteiger partial charge on any atom is -0.466 e. The van der Waals surface area contributed by atoms with Gasteiger partial charge in [-0.3, -0.25) is 10.1 Å². The van der Waals surface area contributed by atoms with Crippen LogP contribution in [0.15, 0.2) is 42.0 Å². The number of fused-ring (bicyclic) bond motifs is 2. The third kappa shape index (κ3) is 3.20. The first-order valence-corrected chi connectivity index (χ1v) is 8.19. The van der Waals surface area contributed by atoms with Crippen LogP contribution in [0.1, 0.15) is 12.0 Å². The van der Waals surface area contributed by atoms with Crippen LogP contribution in [0.25, 0.3) is 0 Å². The number of hydrogen-bond acceptors (Lipinski definition) is 5. The lowest BCUT2D eigenvalue weighted by molar-refractivity contribution is -0.136. The fourth-order valence-electron chi connectivity index (χ4n) is 3.70. The molecule has 1 fully saturated rings. The number of carbonyl (C=O) groups excluding carboxylic acids is 2. The van der Waals surface area contributed by atoms with Crippen LogP contribution in [0.4, 0.5) is 0 Å². The van der Waals surface area contributed by atoms with E-state index in [1.54, 1.807) is 0 Å². The Balaban J connectivity index is 1.85. The Morgan fingerprint density at radius 1 is 1.46 bits per heavy atom. The molecule has 0 aliphatic carbocycles. The predicted molar refractivity (Wildman–Crippen MR) is 90.4 cm³/mol. The summed E-state index contributed by atoms with van der Waals surface area (Å²) in [5.41, 5.74) is 1.50. The van der Waals surface area contributed by atoms with Crippen molar-refractivity contribution in [3.05, 3.63) is 47.5 Å². The fraction of sp³-hybridized carbons (Fsp3) is 0.444. The third-order valence-electron chi connectivity index (χ3n) is 4.95. The maximum atomic E-state index is 11.9. The summed E-state index contributed by atoms with van der Waals surface area (Å²) < 4.78 is 4.87. The highest BCUT2D eigenvalue weighted by Gasteiger charge is 2.46. The Hall–Kier alpha value is -2.18. The Morgan fingerprint density at radius 3 is 2.96 bits per heavy atom. The Morgan fingerprint density at radius 2 is 2.25 bits per heavy atom. The van der Waals surface area contributed by atoms with E-state index in [1.165, 1.54) is 7.11 Å². The standard InChI is InChI=1S/C18H23N3O3/c1-24-17(23)14-7-8-18(11-19-10-15(14)21-18)16(20-12-22)9-13-5-3-2-4-6-13/h2-7,12,15-16,19,21H,8-11H2,1H3,(H,20,22). The molecule has 0 radical (unpaired) electrons. The highest BCUT2D eigenvalue weighted by molar-refractivity contribution is 5.90. The van der Waals surface area contributed by atoms with Crippen LogP contribution in [-0.2, 0) is 20.7 Å². The molecule has 0 aromatic heterocycles. The number of hydrogen-bond donors (Lipinski definition) is 3. The lowest BCUT2D eigenvalue weighted by atomic mass is 9.76. The van der Waals surface area contributed by atoms with Gasteiger partial charge in [-0.2, -0.15) is 0 Å². The summed E-state index contributed by atoms with van der Waals surface area (Å²) in [5.74, 6) is -0.298. The Labute approximate surface area is 141 Å². The van der Waals surface area contributed by atoms with Crippen molar-refractivity contribution in [3.63, 3.8) is 0 Å². The second-order valence-corrected chi connectivity index (χ2v) is 6.37. The van der Waals surface area contributed by atoms with Crippen molar-refractivity contribution in [2.24, 2.45) is 0 Å². The van der Waals surface area contributed by atoms with E-state index in [-0.39, 0.29) is 23.6 Å². The van der Waals surface area contributed by atoms with Crippen LogP contribution in [0.5, 0.6) is 0 Å². The van der Waals surface area contributed by atoms with Crippen molar-refractivity contribution >= 4 is 12.4 Å². The summed E-state index contributed by atoms with van der Waals surface area (Å²) in [7, 11) is 1.40. The summed E-state index contributed by atoms with van der Waals surface area (Å²) >= 11 is 0. The van der Waals surface area contributed by atoms with Gasteiger partial charge in [0.25, 0.3) is 0 Å². The quantitative estimate of drug-likeness (QED) is 0.511. The number of esters is 1. The van der Waals surface area contributed by atoms with Gasteiger partial charge in [0.15, 0.2) is 0 Å².